The third-order valence-electron chi connectivity index (χ3n) is 5.05. The Kier molecular flexibility index (Phi) is 4.51. The minimum absolute atomic E-state index is 0.0582. The molecule has 134 valence electrons. The summed E-state index contributed by atoms with van der Waals surface area (Å²) < 4.78 is 8.10. The predicted octanol–water partition coefficient (Wildman–Crippen LogP) is 4.44. The molecule has 0 aliphatic carbocycles. The van der Waals surface area contributed by atoms with Crippen molar-refractivity contribution < 1.29 is 9.53 Å². The second-order valence-corrected chi connectivity index (χ2v) is 7.11. The van der Waals surface area contributed by atoms with E-state index < -0.39 is 0 Å². The second kappa shape index (κ2) is 6.96. The summed E-state index contributed by atoms with van der Waals surface area (Å²) >= 11 is 0. The Morgan fingerprint density at radius 1 is 1.12 bits per heavy atom. The van der Waals surface area contributed by atoms with Crippen LogP contribution in [0.4, 0.5) is 0 Å². The van der Waals surface area contributed by atoms with Gasteiger partial charge in [-0.25, -0.2) is 0 Å². The molecule has 0 N–H and O–H groups in total. The maximum Gasteiger partial charge on any atom is 0.254 e. The van der Waals surface area contributed by atoms with Crippen LogP contribution < -0.4 is 0 Å². The largest absolute Gasteiger partial charge is 0.370 e. The molecular weight excluding hydrogens is 324 g/mol. The normalized spacial score (nSPS) is 17.8. The van der Waals surface area contributed by atoms with E-state index in [0.717, 1.165) is 16.6 Å². The third-order valence-corrected chi connectivity index (χ3v) is 5.05. The van der Waals surface area contributed by atoms with Crippen LogP contribution in [0.15, 0.2) is 60.8 Å². The molecular formula is C22H24N2O2. The molecule has 1 unspecified atom stereocenters. The van der Waals surface area contributed by atoms with Crippen LogP contribution in [0.1, 0.15) is 41.9 Å². The van der Waals surface area contributed by atoms with Crippen LogP contribution in [0.2, 0.25) is 0 Å². The minimum Gasteiger partial charge on any atom is -0.370 e. The van der Waals surface area contributed by atoms with Crippen LogP contribution in [0, 0.1) is 0 Å². The Balaban J connectivity index is 1.59. The van der Waals surface area contributed by atoms with Crippen LogP contribution in [-0.4, -0.2) is 35.1 Å². The number of amides is 1. The fourth-order valence-electron chi connectivity index (χ4n) is 3.62. The Bertz CT molecular complexity index is 914. The van der Waals surface area contributed by atoms with Gasteiger partial charge in [0.15, 0.2) is 0 Å². The maximum absolute atomic E-state index is 13.1. The van der Waals surface area contributed by atoms with Gasteiger partial charge in [-0.15, -0.1) is 0 Å². The zero-order valence-corrected chi connectivity index (χ0v) is 15.3. The lowest BCUT2D eigenvalue weighted by Crippen LogP contribution is -2.42. The number of carbonyl (C=O) groups excluding carboxylic acids is 1. The zero-order valence-electron chi connectivity index (χ0n) is 15.3. The molecule has 1 amide bonds. The summed E-state index contributed by atoms with van der Waals surface area (Å²) in [7, 11) is 0. The highest BCUT2D eigenvalue weighted by molar-refractivity contribution is 5.98. The second-order valence-electron chi connectivity index (χ2n) is 7.11. The van der Waals surface area contributed by atoms with Gasteiger partial charge in [-0.3, -0.25) is 4.79 Å². The van der Waals surface area contributed by atoms with Crippen LogP contribution in [-0.2, 0) is 4.74 Å². The molecule has 0 radical (unpaired) electrons. The van der Waals surface area contributed by atoms with Gasteiger partial charge >= 0.3 is 0 Å². The van der Waals surface area contributed by atoms with E-state index in [-0.39, 0.29) is 12.0 Å². The fraction of sp³-hybridized carbons (Fsp3) is 0.318. The first kappa shape index (κ1) is 16.9. The van der Waals surface area contributed by atoms with Crippen molar-refractivity contribution in [2.75, 3.05) is 19.7 Å². The highest BCUT2D eigenvalue weighted by atomic mass is 16.5. The lowest BCUT2D eigenvalue weighted by molar-refractivity contribution is -0.0228. The number of carbonyl (C=O) groups is 1. The van der Waals surface area contributed by atoms with E-state index in [2.05, 4.69) is 42.8 Å². The SMILES string of the molecule is CC(C)n1ccc2ccc(C(=O)N3CCOC(c4ccccc4)C3)cc21. The van der Waals surface area contributed by atoms with E-state index >= 15 is 0 Å². The van der Waals surface area contributed by atoms with Gasteiger partial charge in [-0.05, 0) is 43.0 Å². The van der Waals surface area contributed by atoms with Crippen molar-refractivity contribution in [2.24, 2.45) is 0 Å². The maximum atomic E-state index is 13.1. The van der Waals surface area contributed by atoms with Crippen molar-refractivity contribution in [3.05, 3.63) is 71.9 Å². The molecule has 1 aromatic heterocycles. The lowest BCUT2D eigenvalue weighted by atomic mass is 10.1. The molecule has 4 heteroatoms. The van der Waals surface area contributed by atoms with Gasteiger partial charge in [0.1, 0.15) is 6.10 Å². The number of morpholine rings is 1. The Morgan fingerprint density at radius 3 is 2.69 bits per heavy atom. The fourth-order valence-corrected chi connectivity index (χ4v) is 3.62. The van der Waals surface area contributed by atoms with Crippen molar-refractivity contribution >= 4 is 16.8 Å². The number of benzene rings is 2. The number of nitrogens with zero attached hydrogens (tertiary/aromatic N) is 2. The van der Waals surface area contributed by atoms with E-state index in [1.165, 1.54) is 5.39 Å². The highest BCUT2D eigenvalue weighted by Gasteiger charge is 2.26. The first-order valence-electron chi connectivity index (χ1n) is 9.20. The standard InChI is InChI=1S/C22H24N2O2/c1-16(2)24-11-10-17-8-9-19(14-20(17)24)22(25)23-12-13-26-21(15-23)18-6-4-3-5-7-18/h3-11,14,16,21H,12-13,15H2,1-2H3. The van der Waals surface area contributed by atoms with Gasteiger partial charge in [-0.2, -0.15) is 0 Å². The van der Waals surface area contributed by atoms with E-state index in [4.69, 9.17) is 4.74 Å². The summed E-state index contributed by atoms with van der Waals surface area (Å²) in [6, 6.07) is 18.6. The summed E-state index contributed by atoms with van der Waals surface area (Å²) in [6.45, 7) is 6.09. The lowest BCUT2D eigenvalue weighted by Gasteiger charge is -2.33. The van der Waals surface area contributed by atoms with Crippen LogP contribution in [0.25, 0.3) is 10.9 Å². The minimum atomic E-state index is -0.0582. The van der Waals surface area contributed by atoms with E-state index in [9.17, 15) is 4.79 Å². The number of hydrogen-bond acceptors (Lipinski definition) is 2. The predicted molar refractivity (Wildman–Crippen MR) is 103 cm³/mol. The number of hydrogen-bond donors (Lipinski definition) is 0. The Hall–Kier alpha value is -2.59. The number of fused-ring (bicyclic) bond motifs is 1. The Labute approximate surface area is 154 Å². The molecule has 0 saturated carbocycles. The van der Waals surface area contributed by atoms with Gasteiger partial charge < -0.3 is 14.2 Å². The quantitative estimate of drug-likeness (QED) is 0.701. The van der Waals surface area contributed by atoms with E-state index in [0.29, 0.717) is 25.7 Å². The smallest absolute Gasteiger partial charge is 0.254 e. The molecule has 1 fully saturated rings. The monoisotopic (exact) mass is 348 g/mol. The molecule has 1 saturated heterocycles. The third kappa shape index (κ3) is 3.13. The number of rotatable bonds is 3. The molecule has 1 aliphatic heterocycles. The number of aromatic nitrogens is 1. The summed E-state index contributed by atoms with van der Waals surface area (Å²) in [5, 5.41) is 1.17. The summed E-state index contributed by atoms with van der Waals surface area (Å²) in [6.07, 6.45) is 2.03. The average Bonchev–Trinajstić information content (AvgIpc) is 3.11. The topological polar surface area (TPSA) is 34.5 Å². The van der Waals surface area contributed by atoms with Gasteiger partial charge in [-0.1, -0.05) is 36.4 Å². The zero-order chi connectivity index (χ0) is 18.1. The van der Waals surface area contributed by atoms with Crippen LogP contribution in [0.3, 0.4) is 0 Å². The van der Waals surface area contributed by atoms with Crippen molar-refractivity contribution in [1.82, 2.24) is 9.47 Å². The molecule has 3 aromatic rings. The molecule has 2 aromatic carbocycles. The molecule has 4 nitrogen and oxygen atoms in total. The summed E-state index contributed by atoms with van der Waals surface area (Å²) in [5.41, 5.74) is 2.97. The van der Waals surface area contributed by atoms with Gasteiger partial charge in [0.2, 0.25) is 0 Å². The molecule has 0 bridgehead atoms. The molecule has 2 heterocycles. The first-order valence-corrected chi connectivity index (χ1v) is 9.20. The number of ether oxygens (including phenoxy) is 1. The van der Waals surface area contributed by atoms with E-state index in [1.54, 1.807) is 0 Å². The molecule has 0 spiro atoms. The van der Waals surface area contributed by atoms with Crippen molar-refractivity contribution in [3.8, 4) is 0 Å². The van der Waals surface area contributed by atoms with Crippen molar-refractivity contribution in [1.29, 1.82) is 0 Å². The molecule has 1 aliphatic rings. The average molecular weight is 348 g/mol. The van der Waals surface area contributed by atoms with Crippen molar-refractivity contribution in [3.63, 3.8) is 0 Å². The van der Waals surface area contributed by atoms with Gasteiger partial charge in [0.05, 0.1) is 13.2 Å². The van der Waals surface area contributed by atoms with Crippen molar-refractivity contribution in [2.45, 2.75) is 26.0 Å². The first-order chi connectivity index (χ1) is 12.6. The van der Waals surface area contributed by atoms with Gasteiger partial charge in [0, 0.05) is 29.9 Å². The molecule has 4 rings (SSSR count). The van der Waals surface area contributed by atoms with Gasteiger partial charge in [0.25, 0.3) is 5.91 Å². The van der Waals surface area contributed by atoms with E-state index in [1.807, 2.05) is 41.3 Å². The van der Waals surface area contributed by atoms with Crippen LogP contribution >= 0.6 is 0 Å². The van der Waals surface area contributed by atoms with Crippen LogP contribution in [0.5, 0.6) is 0 Å². The highest BCUT2D eigenvalue weighted by Crippen LogP contribution is 2.25. The molecule has 1 atom stereocenters. The Morgan fingerprint density at radius 2 is 1.92 bits per heavy atom. The molecule has 26 heavy (non-hydrogen) atoms. The summed E-state index contributed by atoms with van der Waals surface area (Å²) in [5.74, 6) is 0.0765. The summed E-state index contributed by atoms with van der Waals surface area (Å²) in [4.78, 5) is 15.0.